The third-order valence-electron chi connectivity index (χ3n) is 4.14. The van der Waals surface area contributed by atoms with Crippen LogP contribution in [0.4, 0.5) is 5.69 Å². The predicted octanol–water partition coefficient (Wildman–Crippen LogP) is 1.74. The second kappa shape index (κ2) is 6.02. The van der Waals surface area contributed by atoms with Gasteiger partial charge in [0.05, 0.1) is 16.8 Å². The molecule has 2 saturated heterocycles. The molecule has 1 aromatic rings. The van der Waals surface area contributed by atoms with E-state index in [1.54, 1.807) is 0 Å². The molecular weight excluding hydrogens is 274 g/mol. The van der Waals surface area contributed by atoms with E-state index < -0.39 is 0 Å². The second-order valence-electron chi connectivity index (χ2n) is 5.41. The number of anilines is 1. The van der Waals surface area contributed by atoms with Gasteiger partial charge in [0.2, 0.25) is 5.91 Å². The first kappa shape index (κ1) is 13.7. The van der Waals surface area contributed by atoms with Crippen LogP contribution in [0.2, 0.25) is 5.02 Å². The first-order valence-corrected chi connectivity index (χ1v) is 7.65. The monoisotopic (exact) mass is 293 g/mol. The molecule has 0 aliphatic carbocycles. The van der Waals surface area contributed by atoms with E-state index in [0.717, 1.165) is 56.3 Å². The van der Waals surface area contributed by atoms with Gasteiger partial charge in [-0.2, -0.15) is 0 Å². The molecule has 1 amide bonds. The van der Waals surface area contributed by atoms with E-state index in [1.165, 1.54) is 0 Å². The van der Waals surface area contributed by atoms with Crippen LogP contribution < -0.4 is 10.2 Å². The predicted molar refractivity (Wildman–Crippen MR) is 81.3 cm³/mol. The average Bonchev–Trinajstić information content (AvgIpc) is 3.01. The van der Waals surface area contributed by atoms with Gasteiger partial charge in [-0.1, -0.05) is 23.7 Å². The number of nitrogens with one attached hydrogen (secondary N) is 1. The summed E-state index contributed by atoms with van der Waals surface area (Å²) in [6, 6.07) is 7.94. The molecule has 1 aromatic carbocycles. The maximum atomic E-state index is 12.3. The smallest absolute Gasteiger partial charge is 0.239 e. The zero-order valence-electron chi connectivity index (χ0n) is 11.5. The Balaban J connectivity index is 1.59. The van der Waals surface area contributed by atoms with Crippen molar-refractivity contribution in [1.29, 1.82) is 0 Å². The molecule has 2 heterocycles. The first-order chi connectivity index (χ1) is 9.75. The van der Waals surface area contributed by atoms with Gasteiger partial charge in [0.15, 0.2) is 0 Å². The zero-order valence-corrected chi connectivity index (χ0v) is 12.3. The first-order valence-electron chi connectivity index (χ1n) is 7.27. The topological polar surface area (TPSA) is 35.6 Å². The molecular formula is C15H20ClN3O. The molecule has 3 rings (SSSR count). The third-order valence-corrected chi connectivity index (χ3v) is 4.46. The molecule has 20 heavy (non-hydrogen) atoms. The number of carbonyl (C=O) groups is 1. The van der Waals surface area contributed by atoms with E-state index >= 15 is 0 Å². The Morgan fingerprint density at radius 2 is 1.95 bits per heavy atom. The molecule has 5 heteroatoms. The van der Waals surface area contributed by atoms with Gasteiger partial charge in [0, 0.05) is 26.2 Å². The van der Waals surface area contributed by atoms with Crippen LogP contribution in [0.3, 0.4) is 0 Å². The van der Waals surface area contributed by atoms with Gasteiger partial charge in [-0.3, -0.25) is 4.79 Å². The van der Waals surface area contributed by atoms with Gasteiger partial charge in [-0.15, -0.1) is 0 Å². The van der Waals surface area contributed by atoms with Crippen molar-refractivity contribution in [3.63, 3.8) is 0 Å². The van der Waals surface area contributed by atoms with E-state index in [0.29, 0.717) is 0 Å². The lowest BCUT2D eigenvalue weighted by Crippen LogP contribution is -2.53. The van der Waals surface area contributed by atoms with Crippen LogP contribution in [0.1, 0.15) is 12.8 Å². The number of hydrogen-bond acceptors (Lipinski definition) is 3. The average molecular weight is 294 g/mol. The number of amides is 1. The molecule has 2 aliphatic heterocycles. The van der Waals surface area contributed by atoms with Gasteiger partial charge in [-0.25, -0.2) is 0 Å². The Hall–Kier alpha value is -1.26. The number of piperazine rings is 1. The maximum absolute atomic E-state index is 12.3. The number of benzene rings is 1. The fourth-order valence-electron chi connectivity index (χ4n) is 2.99. The normalized spacial score (nSPS) is 23.1. The summed E-state index contributed by atoms with van der Waals surface area (Å²) in [5.41, 5.74) is 1.07. The molecule has 0 spiro atoms. The van der Waals surface area contributed by atoms with Crippen LogP contribution in [-0.2, 0) is 4.79 Å². The van der Waals surface area contributed by atoms with Crippen LogP contribution in [0.5, 0.6) is 0 Å². The largest absolute Gasteiger partial charge is 0.367 e. The lowest BCUT2D eigenvalue weighted by molar-refractivity contribution is -0.133. The Morgan fingerprint density at radius 1 is 1.20 bits per heavy atom. The van der Waals surface area contributed by atoms with Crippen molar-refractivity contribution < 1.29 is 4.79 Å². The van der Waals surface area contributed by atoms with Crippen molar-refractivity contribution in [1.82, 2.24) is 10.2 Å². The highest BCUT2D eigenvalue weighted by Crippen LogP contribution is 2.26. The summed E-state index contributed by atoms with van der Waals surface area (Å²) in [4.78, 5) is 16.6. The summed E-state index contributed by atoms with van der Waals surface area (Å²) in [7, 11) is 0. The molecule has 0 unspecified atom stereocenters. The summed E-state index contributed by atoms with van der Waals surface area (Å²) < 4.78 is 0. The molecule has 1 atom stereocenters. The minimum Gasteiger partial charge on any atom is -0.367 e. The number of rotatable bonds is 2. The van der Waals surface area contributed by atoms with Gasteiger partial charge in [-0.05, 0) is 31.5 Å². The van der Waals surface area contributed by atoms with Gasteiger partial charge >= 0.3 is 0 Å². The van der Waals surface area contributed by atoms with E-state index in [2.05, 4.69) is 10.2 Å². The van der Waals surface area contributed by atoms with Gasteiger partial charge in [0.1, 0.15) is 0 Å². The summed E-state index contributed by atoms with van der Waals surface area (Å²) >= 11 is 6.23. The molecule has 108 valence electrons. The molecule has 2 aliphatic rings. The van der Waals surface area contributed by atoms with Crippen LogP contribution >= 0.6 is 11.6 Å². The van der Waals surface area contributed by atoms with Crippen molar-refractivity contribution in [2.45, 2.75) is 18.9 Å². The molecule has 0 aromatic heterocycles. The Labute approximate surface area is 124 Å². The fourth-order valence-corrected chi connectivity index (χ4v) is 3.25. The highest BCUT2D eigenvalue weighted by atomic mass is 35.5. The maximum Gasteiger partial charge on any atom is 0.239 e. The Kier molecular flexibility index (Phi) is 4.13. The van der Waals surface area contributed by atoms with Crippen molar-refractivity contribution in [3.8, 4) is 0 Å². The summed E-state index contributed by atoms with van der Waals surface area (Å²) in [5, 5.41) is 4.06. The Morgan fingerprint density at radius 3 is 2.60 bits per heavy atom. The molecule has 0 radical (unpaired) electrons. The van der Waals surface area contributed by atoms with Crippen molar-refractivity contribution in [3.05, 3.63) is 29.3 Å². The summed E-state index contributed by atoms with van der Waals surface area (Å²) in [6.45, 7) is 4.23. The van der Waals surface area contributed by atoms with Crippen molar-refractivity contribution in [2.75, 3.05) is 37.6 Å². The van der Waals surface area contributed by atoms with Gasteiger partial charge in [0.25, 0.3) is 0 Å². The second-order valence-corrected chi connectivity index (χ2v) is 5.82. The van der Waals surface area contributed by atoms with Crippen LogP contribution in [-0.4, -0.2) is 49.6 Å². The number of carbonyl (C=O) groups excluding carboxylic acids is 1. The van der Waals surface area contributed by atoms with Crippen molar-refractivity contribution in [2.24, 2.45) is 0 Å². The highest BCUT2D eigenvalue weighted by Gasteiger charge is 2.29. The van der Waals surface area contributed by atoms with E-state index in [9.17, 15) is 4.79 Å². The number of nitrogens with zero attached hydrogens (tertiary/aromatic N) is 2. The van der Waals surface area contributed by atoms with Crippen LogP contribution in [0.25, 0.3) is 0 Å². The van der Waals surface area contributed by atoms with Gasteiger partial charge < -0.3 is 15.1 Å². The van der Waals surface area contributed by atoms with E-state index in [-0.39, 0.29) is 11.9 Å². The SMILES string of the molecule is O=C([C@@H]1CCCN1)N1CCN(c2ccccc2Cl)CC1. The standard InChI is InChI=1S/C15H20ClN3O/c16-12-4-1-2-6-14(12)18-8-10-19(11-9-18)15(20)13-5-3-7-17-13/h1-2,4,6,13,17H,3,5,7-11H2/t13-/m0/s1. The van der Waals surface area contributed by atoms with Crippen LogP contribution in [0, 0.1) is 0 Å². The molecule has 0 saturated carbocycles. The lowest BCUT2D eigenvalue weighted by atomic mass is 10.1. The van der Waals surface area contributed by atoms with E-state index in [1.807, 2.05) is 29.2 Å². The molecule has 1 N–H and O–H groups in total. The highest BCUT2D eigenvalue weighted by molar-refractivity contribution is 6.33. The zero-order chi connectivity index (χ0) is 13.9. The quantitative estimate of drug-likeness (QED) is 0.902. The molecule has 4 nitrogen and oxygen atoms in total. The lowest BCUT2D eigenvalue weighted by Gasteiger charge is -2.37. The summed E-state index contributed by atoms with van der Waals surface area (Å²) in [5.74, 6) is 0.265. The van der Waals surface area contributed by atoms with E-state index in [4.69, 9.17) is 11.6 Å². The number of hydrogen-bond donors (Lipinski definition) is 1. The van der Waals surface area contributed by atoms with Crippen LogP contribution in [0.15, 0.2) is 24.3 Å². The third kappa shape index (κ3) is 2.76. The molecule has 2 fully saturated rings. The minimum absolute atomic E-state index is 0.0434. The summed E-state index contributed by atoms with van der Waals surface area (Å²) in [6.07, 6.45) is 2.08. The van der Waals surface area contributed by atoms with Crippen molar-refractivity contribution >= 4 is 23.2 Å². The number of para-hydroxylation sites is 1. The number of halogens is 1. The fraction of sp³-hybridized carbons (Fsp3) is 0.533. The Bertz CT molecular complexity index is 480. The minimum atomic E-state index is 0.0434. The molecule has 0 bridgehead atoms.